The monoisotopic (exact) mass is 350 g/mol. The van der Waals surface area contributed by atoms with Crippen molar-refractivity contribution in [3.63, 3.8) is 0 Å². The molecule has 0 aliphatic rings. The van der Waals surface area contributed by atoms with Crippen molar-refractivity contribution < 1.29 is 14.7 Å². The molecule has 0 aliphatic carbocycles. The molecule has 7 heteroatoms. The van der Waals surface area contributed by atoms with Gasteiger partial charge < -0.3 is 15.4 Å². The highest BCUT2D eigenvalue weighted by atomic mass is 16.4. The normalized spacial score (nSPS) is 11.2. The van der Waals surface area contributed by atoms with E-state index in [0.717, 1.165) is 0 Å². The number of H-pyrrole nitrogens is 1. The molecule has 0 spiro atoms. The molecular formula is C19H18N4O3. The van der Waals surface area contributed by atoms with Crippen LogP contribution >= 0.6 is 0 Å². The number of aromatic amines is 1. The largest absolute Gasteiger partial charge is 0.478 e. The lowest BCUT2D eigenvalue weighted by Crippen LogP contribution is -2.07. The molecule has 1 amide bonds. The van der Waals surface area contributed by atoms with Gasteiger partial charge in [-0.15, -0.1) is 0 Å². The van der Waals surface area contributed by atoms with Gasteiger partial charge in [0.25, 0.3) is 0 Å². The molecule has 0 fully saturated rings. The molecule has 132 valence electrons. The Morgan fingerprint density at radius 1 is 1.31 bits per heavy atom. The number of allylic oxidation sites excluding steroid dienone is 1. The third kappa shape index (κ3) is 3.32. The van der Waals surface area contributed by atoms with Crippen LogP contribution in [-0.4, -0.2) is 31.9 Å². The van der Waals surface area contributed by atoms with Crippen molar-refractivity contribution in [1.82, 2.24) is 15.0 Å². The molecule has 0 bridgehead atoms. The van der Waals surface area contributed by atoms with E-state index in [9.17, 15) is 14.7 Å². The SMILES string of the molecule is C/C=C/C(=O)Nc1cccc(-c2nc(CC)nc3[nH]cc(C(=O)O)c23)c1. The van der Waals surface area contributed by atoms with Gasteiger partial charge in [0.1, 0.15) is 11.5 Å². The van der Waals surface area contributed by atoms with Crippen LogP contribution in [0.1, 0.15) is 30.0 Å². The number of rotatable bonds is 5. The molecular weight excluding hydrogens is 332 g/mol. The second kappa shape index (κ2) is 7.18. The zero-order valence-electron chi connectivity index (χ0n) is 14.4. The number of aromatic nitrogens is 3. The number of benzene rings is 1. The van der Waals surface area contributed by atoms with Crippen molar-refractivity contribution in [3.8, 4) is 11.3 Å². The van der Waals surface area contributed by atoms with Gasteiger partial charge in [0.05, 0.1) is 16.6 Å². The van der Waals surface area contributed by atoms with Gasteiger partial charge in [0.15, 0.2) is 0 Å². The molecule has 3 rings (SSSR count). The molecule has 2 heterocycles. The van der Waals surface area contributed by atoms with Gasteiger partial charge in [0, 0.05) is 23.9 Å². The Morgan fingerprint density at radius 2 is 2.12 bits per heavy atom. The van der Waals surface area contributed by atoms with E-state index in [-0.39, 0.29) is 11.5 Å². The van der Waals surface area contributed by atoms with Crippen molar-refractivity contribution in [1.29, 1.82) is 0 Å². The maximum absolute atomic E-state index is 11.8. The predicted octanol–water partition coefficient (Wildman–Crippen LogP) is 3.40. The van der Waals surface area contributed by atoms with Crippen LogP contribution in [0.3, 0.4) is 0 Å². The molecule has 1 aromatic carbocycles. The van der Waals surface area contributed by atoms with Gasteiger partial charge in [-0.2, -0.15) is 0 Å². The summed E-state index contributed by atoms with van der Waals surface area (Å²) in [6.45, 7) is 3.69. The third-order valence-corrected chi connectivity index (χ3v) is 3.85. The second-order valence-corrected chi connectivity index (χ2v) is 5.64. The first-order valence-corrected chi connectivity index (χ1v) is 8.19. The van der Waals surface area contributed by atoms with E-state index in [1.807, 2.05) is 13.0 Å². The van der Waals surface area contributed by atoms with Crippen molar-refractivity contribution in [2.45, 2.75) is 20.3 Å². The molecule has 3 aromatic rings. The number of hydrogen-bond acceptors (Lipinski definition) is 4. The number of hydrogen-bond donors (Lipinski definition) is 3. The van der Waals surface area contributed by atoms with E-state index in [1.165, 1.54) is 12.3 Å². The fourth-order valence-corrected chi connectivity index (χ4v) is 2.69. The fraction of sp³-hybridized carbons (Fsp3) is 0.158. The molecule has 0 saturated heterocycles. The lowest BCUT2D eigenvalue weighted by molar-refractivity contribution is -0.111. The second-order valence-electron chi connectivity index (χ2n) is 5.64. The Balaban J connectivity index is 2.16. The van der Waals surface area contributed by atoms with Gasteiger partial charge in [0.2, 0.25) is 5.91 Å². The average Bonchev–Trinajstić information content (AvgIpc) is 3.05. The fourth-order valence-electron chi connectivity index (χ4n) is 2.69. The van der Waals surface area contributed by atoms with Crippen LogP contribution in [0.5, 0.6) is 0 Å². The number of carbonyl (C=O) groups is 2. The van der Waals surface area contributed by atoms with Crippen molar-refractivity contribution in [3.05, 3.63) is 54.0 Å². The molecule has 7 nitrogen and oxygen atoms in total. The van der Waals surface area contributed by atoms with Crippen molar-refractivity contribution in [2.75, 3.05) is 5.32 Å². The van der Waals surface area contributed by atoms with Crippen LogP contribution in [0.25, 0.3) is 22.3 Å². The lowest BCUT2D eigenvalue weighted by atomic mass is 10.1. The third-order valence-electron chi connectivity index (χ3n) is 3.85. The summed E-state index contributed by atoms with van der Waals surface area (Å²) in [5.74, 6) is -0.683. The summed E-state index contributed by atoms with van der Waals surface area (Å²) in [5.41, 5.74) is 2.41. The van der Waals surface area contributed by atoms with Gasteiger partial charge >= 0.3 is 5.97 Å². The summed E-state index contributed by atoms with van der Waals surface area (Å²) in [4.78, 5) is 35.1. The number of amides is 1. The topological polar surface area (TPSA) is 108 Å². The molecule has 0 radical (unpaired) electrons. The highest BCUT2D eigenvalue weighted by molar-refractivity contribution is 6.08. The first-order valence-electron chi connectivity index (χ1n) is 8.19. The van der Waals surface area contributed by atoms with Crippen LogP contribution in [0.15, 0.2) is 42.6 Å². The predicted molar refractivity (Wildman–Crippen MR) is 99.1 cm³/mol. The first kappa shape index (κ1) is 17.3. The Morgan fingerprint density at radius 3 is 2.81 bits per heavy atom. The maximum atomic E-state index is 11.8. The number of nitrogens with one attached hydrogen (secondary N) is 2. The summed E-state index contributed by atoms with van der Waals surface area (Å²) in [6, 6.07) is 7.14. The van der Waals surface area contributed by atoms with Gasteiger partial charge in [-0.25, -0.2) is 14.8 Å². The number of anilines is 1. The molecule has 3 N–H and O–H groups in total. The molecule has 0 unspecified atom stereocenters. The van der Waals surface area contributed by atoms with E-state index < -0.39 is 5.97 Å². The first-order chi connectivity index (χ1) is 12.5. The molecule has 2 aromatic heterocycles. The van der Waals surface area contributed by atoms with E-state index in [1.54, 1.807) is 31.2 Å². The van der Waals surface area contributed by atoms with Crippen molar-refractivity contribution in [2.24, 2.45) is 0 Å². The van der Waals surface area contributed by atoms with E-state index in [4.69, 9.17) is 0 Å². The number of carboxylic acids is 1. The lowest BCUT2D eigenvalue weighted by Gasteiger charge is -2.09. The standard InChI is InChI=1S/C19H18N4O3/c1-3-6-15(24)21-12-8-5-7-11(9-12)17-16-13(19(25)26)10-20-18(16)23-14(4-2)22-17/h3,5-10H,4H2,1-2H3,(H,21,24)(H,25,26)(H,20,22,23)/b6-3+. The number of aryl methyl sites for hydroxylation is 1. The van der Waals surface area contributed by atoms with Crippen LogP contribution in [-0.2, 0) is 11.2 Å². The summed E-state index contributed by atoms with van der Waals surface area (Å²) in [7, 11) is 0. The summed E-state index contributed by atoms with van der Waals surface area (Å²) >= 11 is 0. The molecule has 0 saturated carbocycles. The van der Waals surface area contributed by atoms with Crippen LogP contribution in [0.2, 0.25) is 0 Å². The molecule has 0 aliphatic heterocycles. The number of carbonyl (C=O) groups excluding carboxylic acids is 1. The maximum Gasteiger partial charge on any atom is 0.338 e. The Labute approximate surface area is 149 Å². The number of fused-ring (bicyclic) bond motifs is 1. The Kier molecular flexibility index (Phi) is 4.79. The van der Waals surface area contributed by atoms with Gasteiger partial charge in [-0.1, -0.05) is 25.1 Å². The van der Waals surface area contributed by atoms with Crippen LogP contribution in [0, 0.1) is 0 Å². The highest BCUT2D eigenvalue weighted by Gasteiger charge is 2.19. The number of aromatic carboxylic acids is 1. The summed E-state index contributed by atoms with van der Waals surface area (Å²) in [5, 5.41) is 12.7. The number of carboxylic acid groups (broad SMARTS) is 1. The summed E-state index contributed by atoms with van der Waals surface area (Å²) < 4.78 is 0. The van der Waals surface area contributed by atoms with Crippen LogP contribution < -0.4 is 5.32 Å². The molecule has 0 atom stereocenters. The zero-order valence-corrected chi connectivity index (χ0v) is 14.4. The highest BCUT2D eigenvalue weighted by Crippen LogP contribution is 2.30. The summed E-state index contributed by atoms with van der Waals surface area (Å²) in [6.07, 6.45) is 5.11. The minimum absolute atomic E-state index is 0.112. The smallest absolute Gasteiger partial charge is 0.338 e. The van der Waals surface area contributed by atoms with Crippen LogP contribution in [0.4, 0.5) is 5.69 Å². The minimum Gasteiger partial charge on any atom is -0.478 e. The van der Waals surface area contributed by atoms with E-state index >= 15 is 0 Å². The van der Waals surface area contributed by atoms with E-state index in [2.05, 4.69) is 20.3 Å². The van der Waals surface area contributed by atoms with Crippen molar-refractivity contribution >= 4 is 28.6 Å². The zero-order chi connectivity index (χ0) is 18.7. The minimum atomic E-state index is -1.05. The molecule has 26 heavy (non-hydrogen) atoms. The quantitative estimate of drug-likeness (QED) is 0.611. The average molecular weight is 350 g/mol. The van der Waals surface area contributed by atoms with E-state index in [0.29, 0.717) is 40.2 Å². The van der Waals surface area contributed by atoms with Gasteiger partial charge in [-0.3, -0.25) is 4.79 Å². The Bertz CT molecular complexity index is 1020. The number of nitrogens with zero attached hydrogens (tertiary/aromatic N) is 2. The Hall–Kier alpha value is -3.48. The van der Waals surface area contributed by atoms with Gasteiger partial charge in [-0.05, 0) is 25.1 Å².